The Balaban J connectivity index is 3.35. The lowest BCUT2D eigenvalue weighted by Crippen LogP contribution is -2.58. The van der Waals surface area contributed by atoms with E-state index < -0.39 is 46.4 Å². The van der Waals surface area contributed by atoms with Crippen LogP contribution in [0.3, 0.4) is 0 Å². The van der Waals surface area contributed by atoms with Crippen molar-refractivity contribution < 1.29 is 41.4 Å². The molecule has 0 aliphatic heterocycles. The topological polar surface area (TPSA) is 74.7 Å². The molecule has 23 heavy (non-hydrogen) atoms. The molecule has 0 aromatic heterocycles. The minimum atomic E-state index is -6.27. The monoisotopic (exact) mass is 339 g/mol. The van der Waals surface area contributed by atoms with Crippen LogP contribution in [0.15, 0.2) is 30.3 Å². The van der Waals surface area contributed by atoms with Crippen molar-refractivity contribution in [2.45, 2.75) is 25.1 Å². The Labute approximate surface area is 126 Å². The van der Waals surface area contributed by atoms with Crippen LogP contribution in [0.2, 0.25) is 0 Å². The second kappa shape index (κ2) is 6.31. The molecule has 0 saturated heterocycles. The molecule has 1 atom stereocenters. The number of carboxylic acid groups (broad SMARTS) is 1. The highest BCUT2D eigenvalue weighted by molar-refractivity contribution is 6.09. The quantitative estimate of drug-likeness (QED) is 0.855. The third-order valence-corrected chi connectivity index (χ3v) is 2.83. The van der Waals surface area contributed by atoms with E-state index in [1.165, 1.54) is 18.2 Å². The molecule has 10 heteroatoms. The molecule has 1 N–H and O–H groups in total. The fourth-order valence-corrected chi connectivity index (χ4v) is 1.55. The summed E-state index contributed by atoms with van der Waals surface area (Å²) in [6, 6.07) is 3.83. The van der Waals surface area contributed by atoms with Crippen molar-refractivity contribution in [3.63, 3.8) is 0 Å². The molecule has 1 aromatic carbocycles. The molecule has 2 amide bonds. The van der Waals surface area contributed by atoms with Crippen molar-refractivity contribution in [2.75, 3.05) is 0 Å². The maximum atomic E-state index is 13.2. The number of aliphatic carboxylic acids is 1. The third-order valence-electron chi connectivity index (χ3n) is 2.83. The molecule has 0 heterocycles. The molecule has 0 aliphatic carbocycles. The maximum absolute atomic E-state index is 13.2. The molecule has 1 rings (SSSR count). The first-order valence-corrected chi connectivity index (χ1v) is 6.01. The Morgan fingerprint density at radius 2 is 1.52 bits per heavy atom. The minimum Gasteiger partial charge on any atom is -0.480 e. The number of hydrogen-bond donors (Lipinski definition) is 1. The summed E-state index contributed by atoms with van der Waals surface area (Å²) in [7, 11) is 0. The number of amides is 2. The van der Waals surface area contributed by atoms with E-state index in [1.54, 1.807) is 0 Å². The number of halogens is 5. The number of imide groups is 1. The lowest BCUT2D eigenvalue weighted by Gasteiger charge is -2.29. The molecule has 0 aliphatic rings. The predicted molar refractivity (Wildman–Crippen MR) is 65.7 cm³/mol. The van der Waals surface area contributed by atoms with E-state index >= 15 is 0 Å². The predicted octanol–water partition coefficient (Wildman–Crippen LogP) is 2.33. The standard InChI is InChI=1S/C13H10F5NO4/c1-7(10(21)22)19(9(20)8-5-3-2-4-6-8)11(23)12(14,15)13(16,17)18/h2-7H,1H3,(H,21,22). The van der Waals surface area contributed by atoms with E-state index in [9.17, 15) is 36.3 Å². The van der Waals surface area contributed by atoms with Crippen LogP contribution < -0.4 is 0 Å². The van der Waals surface area contributed by atoms with E-state index in [-0.39, 0.29) is 0 Å². The molecular weight excluding hydrogens is 329 g/mol. The molecular formula is C13H10F5NO4. The molecule has 0 bridgehead atoms. The number of benzene rings is 1. The molecule has 0 saturated carbocycles. The van der Waals surface area contributed by atoms with Gasteiger partial charge in [0.05, 0.1) is 0 Å². The fourth-order valence-electron chi connectivity index (χ4n) is 1.55. The van der Waals surface area contributed by atoms with Crippen LogP contribution in [0.4, 0.5) is 22.0 Å². The number of rotatable bonds is 4. The Hall–Kier alpha value is -2.52. The van der Waals surface area contributed by atoms with E-state index in [2.05, 4.69) is 0 Å². The number of carbonyl (C=O) groups excluding carboxylic acids is 2. The van der Waals surface area contributed by atoms with Gasteiger partial charge in [-0.25, -0.2) is 4.79 Å². The van der Waals surface area contributed by atoms with Gasteiger partial charge in [-0.15, -0.1) is 0 Å². The summed E-state index contributed by atoms with van der Waals surface area (Å²) in [6.45, 7) is 0.646. The van der Waals surface area contributed by atoms with Gasteiger partial charge < -0.3 is 5.11 Å². The van der Waals surface area contributed by atoms with Crippen LogP contribution >= 0.6 is 0 Å². The van der Waals surface area contributed by atoms with Gasteiger partial charge in [-0.2, -0.15) is 22.0 Å². The highest BCUT2D eigenvalue weighted by Gasteiger charge is 2.66. The molecule has 0 spiro atoms. The second-order valence-corrected chi connectivity index (χ2v) is 4.43. The van der Waals surface area contributed by atoms with Gasteiger partial charge in [0.1, 0.15) is 6.04 Å². The Bertz CT molecular complexity index is 615. The molecule has 0 fully saturated rings. The smallest absolute Gasteiger partial charge is 0.463 e. The third kappa shape index (κ3) is 3.63. The first kappa shape index (κ1) is 18.5. The van der Waals surface area contributed by atoms with Gasteiger partial charge in [0.15, 0.2) is 0 Å². The Morgan fingerprint density at radius 1 is 1.04 bits per heavy atom. The van der Waals surface area contributed by atoms with Crippen LogP contribution in [0.1, 0.15) is 17.3 Å². The van der Waals surface area contributed by atoms with Crippen molar-refractivity contribution in [3.8, 4) is 0 Å². The number of carboxylic acids is 1. The van der Waals surface area contributed by atoms with Crippen molar-refractivity contribution in [3.05, 3.63) is 35.9 Å². The largest absolute Gasteiger partial charge is 0.480 e. The summed E-state index contributed by atoms with van der Waals surface area (Å²) in [5.41, 5.74) is -0.410. The first-order chi connectivity index (χ1) is 10.4. The van der Waals surface area contributed by atoms with Gasteiger partial charge >= 0.3 is 24.0 Å². The van der Waals surface area contributed by atoms with Gasteiger partial charge in [-0.05, 0) is 19.1 Å². The van der Waals surface area contributed by atoms with E-state index in [0.29, 0.717) is 6.92 Å². The van der Waals surface area contributed by atoms with E-state index in [1.807, 2.05) is 0 Å². The van der Waals surface area contributed by atoms with Crippen LogP contribution in [-0.4, -0.2) is 45.9 Å². The molecule has 1 aromatic rings. The van der Waals surface area contributed by atoms with Gasteiger partial charge in [0.25, 0.3) is 5.91 Å². The highest BCUT2D eigenvalue weighted by Crippen LogP contribution is 2.37. The second-order valence-electron chi connectivity index (χ2n) is 4.43. The van der Waals surface area contributed by atoms with Gasteiger partial charge in [0, 0.05) is 5.56 Å². The summed E-state index contributed by atoms with van der Waals surface area (Å²) < 4.78 is 63.4. The molecule has 0 radical (unpaired) electrons. The SMILES string of the molecule is CC(C(=O)O)N(C(=O)c1ccccc1)C(=O)C(F)(F)C(F)(F)F. The molecule has 5 nitrogen and oxygen atoms in total. The zero-order valence-electron chi connectivity index (χ0n) is 11.5. The van der Waals surface area contributed by atoms with Crippen LogP contribution in [-0.2, 0) is 9.59 Å². The van der Waals surface area contributed by atoms with Gasteiger partial charge in [-0.1, -0.05) is 18.2 Å². The number of hydrogen-bond acceptors (Lipinski definition) is 3. The Kier molecular flexibility index (Phi) is 5.08. The van der Waals surface area contributed by atoms with Crippen molar-refractivity contribution >= 4 is 17.8 Å². The highest BCUT2D eigenvalue weighted by atomic mass is 19.4. The van der Waals surface area contributed by atoms with Gasteiger partial charge in [0.2, 0.25) is 0 Å². The van der Waals surface area contributed by atoms with Crippen LogP contribution in [0, 0.1) is 0 Å². The zero-order valence-corrected chi connectivity index (χ0v) is 11.5. The first-order valence-electron chi connectivity index (χ1n) is 6.01. The van der Waals surface area contributed by atoms with Crippen molar-refractivity contribution in [2.24, 2.45) is 0 Å². The maximum Gasteiger partial charge on any atom is 0.463 e. The summed E-state index contributed by atoms with van der Waals surface area (Å²) in [5.74, 6) is -12.3. The van der Waals surface area contributed by atoms with Gasteiger partial charge in [-0.3, -0.25) is 14.5 Å². The average molecular weight is 339 g/mol. The zero-order chi connectivity index (χ0) is 18.0. The van der Waals surface area contributed by atoms with Crippen molar-refractivity contribution in [1.82, 2.24) is 4.90 Å². The summed E-state index contributed by atoms with van der Waals surface area (Å²) in [5, 5.41) is 8.79. The van der Waals surface area contributed by atoms with Crippen molar-refractivity contribution in [1.29, 1.82) is 0 Å². The summed E-state index contributed by atoms with van der Waals surface area (Å²) in [4.78, 5) is 33.9. The number of nitrogens with zero attached hydrogens (tertiary/aromatic N) is 1. The van der Waals surface area contributed by atoms with Crippen LogP contribution in [0.25, 0.3) is 0 Å². The lowest BCUT2D eigenvalue weighted by molar-refractivity contribution is -0.273. The normalized spacial score (nSPS) is 13.3. The molecule has 126 valence electrons. The fraction of sp³-hybridized carbons (Fsp3) is 0.308. The molecule has 1 unspecified atom stereocenters. The lowest BCUT2D eigenvalue weighted by atomic mass is 10.1. The van der Waals surface area contributed by atoms with E-state index in [4.69, 9.17) is 5.11 Å². The summed E-state index contributed by atoms with van der Waals surface area (Å²) in [6.07, 6.45) is -6.27. The van der Waals surface area contributed by atoms with Crippen LogP contribution in [0.5, 0.6) is 0 Å². The summed E-state index contributed by atoms with van der Waals surface area (Å²) >= 11 is 0. The number of alkyl halides is 5. The average Bonchev–Trinajstić information content (AvgIpc) is 2.46. The van der Waals surface area contributed by atoms with E-state index in [0.717, 1.165) is 12.1 Å². The Morgan fingerprint density at radius 3 is 1.91 bits per heavy atom. The number of carbonyl (C=O) groups is 3. The minimum absolute atomic E-state index is 0.410.